The van der Waals surface area contributed by atoms with E-state index < -0.39 is 0 Å². The third-order valence-corrected chi connectivity index (χ3v) is 5.33. The van der Waals surface area contributed by atoms with Crippen LogP contribution in [0.2, 0.25) is 0 Å². The summed E-state index contributed by atoms with van der Waals surface area (Å²) in [7, 11) is 2.12. The van der Waals surface area contributed by atoms with Crippen molar-refractivity contribution in [1.29, 1.82) is 0 Å². The molecule has 0 N–H and O–H groups in total. The Bertz CT molecular complexity index is 942. The van der Waals surface area contributed by atoms with E-state index in [0.29, 0.717) is 12.4 Å². The Morgan fingerprint density at radius 1 is 0.966 bits per heavy atom. The molecule has 0 amide bonds. The van der Waals surface area contributed by atoms with E-state index in [1.807, 2.05) is 6.07 Å². The van der Waals surface area contributed by atoms with Gasteiger partial charge in [0.05, 0.1) is 12.6 Å². The van der Waals surface area contributed by atoms with Gasteiger partial charge in [-0.2, -0.15) is 0 Å². The summed E-state index contributed by atoms with van der Waals surface area (Å²) in [6, 6.07) is 12.7. The maximum Gasteiger partial charge on any atom is 0.173 e. The molecule has 152 valence electrons. The summed E-state index contributed by atoms with van der Waals surface area (Å²) in [6.07, 6.45) is 1.03. The van der Waals surface area contributed by atoms with Crippen molar-refractivity contribution >= 4 is 0 Å². The minimum Gasteiger partial charge on any atom is -0.305 e. The van der Waals surface area contributed by atoms with Crippen molar-refractivity contribution in [3.8, 4) is 0 Å². The summed E-state index contributed by atoms with van der Waals surface area (Å²) < 4.78 is 28.9. The highest BCUT2D eigenvalue weighted by Crippen LogP contribution is 2.28. The molecule has 1 aliphatic rings. The summed E-state index contributed by atoms with van der Waals surface area (Å²) in [6.45, 7) is 4.07. The van der Waals surface area contributed by atoms with E-state index in [2.05, 4.69) is 32.4 Å². The van der Waals surface area contributed by atoms with E-state index in [-0.39, 0.29) is 17.7 Å². The largest absolute Gasteiger partial charge is 0.305 e. The average Bonchev–Trinajstić information content (AvgIpc) is 3.03. The number of hydrogen-bond donors (Lipinski definition) is 0. The highest BCUT2D eigenvalue weighted by atomic mass is 19.1. The lowest BCUT2D eigenvalue weighted by Crippen LogP contribution is -2.35. The third kappa shape index (κ3) is 4.65. The average molecular weight is 398 g/mol. The van der Waals surface area contributed by atoms with Gasteiger partial charge >= 0.3 is 0 Å². The monoisotopic (exact) mass is 398 g/mol. The lowest BCUT2D eigenvalue weighted by atomic mass is 10.0. The van der Waals surface area contributed by atoms with Gasteiger partial charge in [0.15, 0.2) is 5.82 Å². The number of nitrogens with zero attached hydrogens (tertiary/aromatic N) is 6. The minimum atomic E-state index is -0.289. The standard InChI is InChI=1S/C21H24F2N6/c1-27-10-3-11-28(13-12-27)20(17-6-8-18(22)9-7-17)21-24-25-26-29(21)15-16-4-2-5-19(23)14-16/h2,4-9,14,20H,3,10-13,15H2,1H3. The van der Waals surface area contributed by atoms with E-state index in [4.69, 9.17) is 0 Å². The molecule has 1 atom stereocenters. The second-order valence-corrected chi connectivity index (χ2v) is 7.47. The molecule has 0 radical (unpaired) electrons. The van der Waals surface area contributed by atoms with Crippen molar-refractivity contribution in [2.24, 2.45) is 0 Å². The maximum absolute atomic E-state index is 13.6. The molecule has 2 aromatic carbocycles. The van der Waals surface area contributed by atoms with Gasteiger partial charge < -0.3 is 4.90 Å². The molecule has 2 heterocycles. The quantitative estimate of drug-likeness (QED) is 0.662. The molecule has 3 aromatic rings. The number of hydrogen-bond acceptors (Lipinski definition) is 5. The fraction of sp³-hybridized carbons (Fsp3) is 0.381. The number of tetrazole rings is 1. The molecule has 8 heteroatoms. The van der Waals surface area contributed by atoms with Crippen molar-refractivity contribution in [2.75, 3.05) is 33.2 Å². The Labute approximate surface area is 168 Å². The van der Waals surface area contributed by atoms with Gasteiger partial charge in [-0.1, -0.05) is 24.3 Å². The predicted octanol–water partition coefficient (Wildman–Crippen LogP) is 2.73. The second kappa shape index (κ2) is 8.75. The van der Waals surface area contributed by atoms with E-state index in [1.54, 1.807) is 22.9 Å². The molecule has 1 aliphatic heterocycles. The first-order chi connectivity index (χ1) is 14.1. The van der Waals surface area contributed by atoms with Crippen molar-refractivity contribution in [3.05, 3.63) is 77.1 Å². The summed E-state index contributed by atoms with van der Waals surface area (Å²) in [5.41, 5.74) is 1.72. The van der Waals surface area contributed by atoms with Crippen LogP contribution in [0.15, 0.2) is 48.5 Å². The Morgan fingerprint density at radius 3 is 2.59 bits per heavy atom. The summed E-state index contributed by atoms with van der Waals surface area (Å²) >= 11 is 0. The van der Waals surface area contributed by atoms with Gasteiger partial charge in [0, 0.05) is 19.6 Å². The van der Waals surface area contributed by atoms with E-state index in [9.17, 15) is 8.78 Å². The number of benzene rings is 2. The molecule has 1 saturated heterocycles. The van der Waals surface area contributed by atoms with Gasteiger partial charge in [-0.05, 0) is 65.8 Å². The number of aromatic nitrogens is 4. The first-order valence-electron chi connectivity index (χ1n) is 9.79. The van der Waals surface area contributed by atoms with Crippen molar-refractivity contribution in [1.82, 2.24) is 30.0 Å². The smallest absolute Gasteiger partial charge is 0.173 e. The molecule has 0 spiro atoms. The van der Waals surface area contributed by atoms with Crippen LogP contribution in [-0.2, 0) is 6.54 Å². The van der Waals surface area contributed by atoms with Crippen LogP contribution in [0.5, 0.6) is 0 Å². The Kier molecular flexibility index (Phi) is 5.92. The molecule has 0 bridgehead atoms. The zero-order chi connectivity index (χ0) is 20.2. The Hall–Kier alpha value is -2.71. The second-order valence-electron chi connectivity index (χ2n) is 7.47. The van der Waals surface area contributed by atoms with Gasteiger partial charge in [-0.25, -0.2) is 13.5 Å². The van der Waals surface area contributed by atoms with Gasteiger partial charge in [0.1, 0.15) is 11.6 Å². The van der Waals surface area contributed by atoms with Crippen LogP contribution in [0.4, 0.5) is 8.78 Å². The van der Waals surface area contributed by atoms with Gasteiger partial charge in [0.2, 0.25) is 0 Å². The summed E-state index contributed by atoms with van der Waals surface area (Å²) in [4.78, 5) is 4.64. The van der Waals surface area contributed by atoms with Crippen LogP contribution in [0.25, 0.3) is 0 Å². The summed E-state index contributed by atoms with van der Waals surface area (Å²) in [5, 5.41) is 12.4. The van der Waals surface area contributed by atoms with E-state index in [1.165, 1.54) is 24.3 Å². The highest BCUT2D eigenvalue weighted by molar-refractivity contribution is 5.26. The van der Waals surface area contributed by atoms with Crippen molar-refractivity contribution in [2.45, 2.75) is 19.0 Å². The molecule has 1 fully saturated rings. The summed E-state index contributed by atoms with van der Waals surface area (Å²) in [5.74, 6) is 0.107. The molecule has 1 aromatic heterocycles. The minimum absolute atomic E-state index is 0.203. The zero-order valence-electron chi connectivity index (χ0n) is 16.4. The molecule has 0 aliphatic carbocycles. The molecule has 4 rings (SSSR count). The predicted molar refractivity (Wildman–Crippen MR) is 105 cm³/mol. The SMILES string of the molecule is CN1CCCN(C(c2ccc(F)cc2)c2nnnn2Cc2cccc(F)c2)CC1. The zero-order valence-corrected chi connectivity index (χ0v) is 16.4. The normalized spacial score (nSPS) is 17.2. The van der Waals surface area contributed by atoms with E-state index >= 15 is 0 Å². The topological polar surface area (TPSA) is 50.1 Å². The van der Waals surface area contributed by atoms with Crippen LogP contribution >= 0.6 is 0 Å². The number of halogens is 2. The lowest BCUT2D eigenvalue weighted by molar-refractivity contribution is 0.219. The Balaban J connectivity index is 1.70. The van der Waals surface area contributed by atoms with Crippen LogP contribution in [0.3, 0.4) is 0 Å². The van der Waals surface area contributed by atoms with Gasteiger partial charge in [-0.15, -0.1) is 5.10 Å². The molecular weight excluding hydrogens is 374 g/mol. The molecule has 6 nitrogen and oxygen atoms in total. The molecule has 29 heavy (non-hydrogen) atoms. The number of rotatable bonds is 5. The van der Waals surface area contributed by atoms with Crippen LogP contribution in [-0.4, -0.2) is 63.2 Å². The first kappa shape index (κ1) is 19.6. The molecular formula is C21H24F2N6. The van der Waals surface area contributed by atoms with Gasteiger partial charge in [0.25, 0.3) is 0 Å². The first-order valence-corrected chi connectivity index (χ1v) is 9.79. The highest BCUT2D eigenvalue weighted by Gasteiger charge is 2.29. The van der Waals surface area contributed by atoms with Crippen LogP contribution < -0.4 is 0 Å². The van der Waals surface area contributed by atoms with Crippen molar-refractivity contribution in [3.63, 3.8) is 0 Å². The molecule has 0 saturated carbocycles. The Morgan fingerprint density at radius 2 is 1.79 bits per heavy atom. The maximum atomic E-state index is 13.6. The van der Waals surface area contributed by atoms with Crippen LogP contribution in [0.1, 0.15) is 29.4 Å². The third-order valence-electron chi connectivity index (χ3n) is 5.33. The van der Waals surface area contributed by atoms with Crippen LogP contribution in [0, 0.1) is 11.6 Å². The van der Waals surface area contributed by atoms with E-state index in [0.717, 1.165) is 43.7 Å². The lowest BCUT2D eigenvalue weighted by Gasteiger charge is -2.30. The fourth-order valence-electron chi connectivity index (χ4n) is 3.82. The fourth-order valence-corrected chi connectivity index (χ4v) is 3.82. The number of likely N-dealkylation sites (N-methyl/N-ethyl adjacent to an activating group) is 1. The van der Waals surface area contributed by atoms with Gasteiger partial charge in [-0.3, -0.25) is 4.90 Å². The molecule has 1 unspecified atom stereocenters. The van der Waals surface area contributed by atoms with Crippen molar-refractivity contribution < 1.29 is 8.78 Å².